The summed E-state index contributed by atoms with van der Waals surface area (Å²) in [5, 5.41) is 21.9. The highest BCUT2D eigenvalue weighted by atomic mass is 35.5. The fourth-order valence-corrected chi connectivity index (χ4v) is 6.07. The van der Waals surface area contributed by atoms with Gasteiger partial charge in [0.25, 0.3) is 0 Å². The Morgan fingerprint density at radius 1 is 1.36 bits per heavy atom. The second-order valence-corrected chi connectivity index (χ2v) is 7.95. The molecule has 0 unspecified atom stereocenters. The lowest BCUT2D eigenvalue weighted by molar-refractivity contribution is -0.179. The second kappa shape index (κ2) is 3.92. The van der Waals surface area contributed by atoms with Crippen LogP contribution in [0.3, 0.4) is 0 Å². The second-order valence-electron chi connectivity index (χ2n) is 7.39. The maximum absolute atomic E-state index is 11.7. The summed E-state index contributed by atoms with van der Waals surface area (Å²) in [4.78, 5) is 2.28. The van der Waals surface area contributed by atoms with E-state index in [4.69, 9.17) is 16.3 Å². The van der Waals surface area contributed by atoms with Crippen LogP contribution in [0.5, 0.6) is 11.5 Å². The van der Waals surface area contributed by atoms with Crippen LogP contribution < -0.4 is 4.74 Å². The van der Waals surface area contributed by atoms with Gasteiger partial charge in [-0.1, -0.05) is 6.07 Å². The monoisotopic (exact) mass is 321 g/mol. The van der Waals surface area contributed by atoms with Gasteiger partial charge in [0.1, 0.15) is 6.10 Å². The molecule has 4 nitrogen and oxygen atoms in total. The number of phenols is 1. The van der Waals surface area contributed by atoms with Crippen LogP contribution in [0.4, 0.5) is 0 Å². The number of aliphatic hydroxyl groups is 1. The van der Waals surface area contributed by atoms with E-state index < -0.39 is 11.0 Å². The Hall–Kier alpha value is -0.970. The first kappa shape index (κ1) is 13.5. The third kappa shape index (κ3) is 1.23. The molecule has 1 aromatic rings. The van der Waals surface area contributed by atoms with Crippen LogP contribution in [-0.2, 0) is 11.8 Å². The number of piperidine rings is 1. The first-order valence-electron chi connectivity index (χ1n) is 8.08. The Labute approximate surface area is 134 Å². The Morgan fingerprint density at radius 3 is 3.00 bits per heavy atom. The molecule has 2 bridgehead atoms. The van der Waals surface area contributed by atoms with Crippen molar-refractivity contribution in [1.29, 1.82) is 0 Å². The number of nitrogens with zero attached hydrogens (tertiary/aromatic N) is 1. The van der Waals surface area contributed by atoms with Crippen LogP contribution in [0.25, 0.3) is 0 Å². The fourth-order valence-electron chi connectivity index (χ4n) is 5.69. The zero-order valence-corrected chi connectivity index (χ0v) is 13.3. The number of aromatic hydroxyl groups is 1. The average molecular weight is 322 g/mol. The lowest BCUT2D eigenvalue weighted by Gasteiger charge is -2.63. The minimum atomic E-state index is -0.817. The van der Waals surface area contributed by atoms with Gasteiger partial charge in [0.05, 0.1) is 16.4 Å². The number of ether oxygens (including phenoxy) is 1. The van der Waals surface area contributed by atoms with E-state index in [2.05, 4.69) is 11.9 Å². The normalized spacial score (nSPS) is 45.3. The molecule has 1 saturated heterocycles. The molecule has 1 aromatic carbocycles. The van der Waals surface area contributed by atoms with Gasteiger partial charge in [-0.15, -0.1) is 11.6 Å². The summed E-state index contributed by atoms with van der Waals surface area (Å²) < 4.78 is 6.16. The molecule has 0 radical (unpaired) electrons. The van der Waals surface area contributed by atoms with Crippen LogP contribution in [0, 0.1) is 0 Å². The maximum atomic E-state index is 11.7. The number of benzene rings is 1. The molecule has 2 fully saturated rings. The first-order chi connectivity index (χ1) is 10.5. The van der Waals surface area contributed by atoms with Gasteiger partial charge in [-0.2, -0.15) is 0 Å². The highest BCUT2D eigenvalue weighted by molar-refractivity contribution is 6.21. The number of hydrogen-bond donors (Lipinski definition) is 2. The Kier molecular flexibility index (Phi) is 2.40. The van der Waals surface area contributed by atoms with Crippen molar-refractivity contribution in [2.75, 3.05) is 13.6 Å². The molecule has 22 heavy (non-hydrogen) atoms. The summed E-state index contributed by atoms with van der Waals surface area (Å²) in [5.41, 5.74) is 0.954. The molecule has 1 spiro atoms. The minimum absolute atomic E-state index is 0.0968. The van der Waals surface area contributed by atoms with Gasteiger partial charge in [0.15, 0.2) is 11.5 Å². The van der Waals surface area contributed by atoms with Crippen molar-refractivity contribution in [3.63, 3.8) is 0 Å². The molecule has 5 heteroatoms. The molecular weight excluding hydrogens is 302 g/mol. The molecule has 1 saturated carbocycles. The zero-order chi connectivity index (χ0) is 15.3. The van der Waals surface area contributed by atoms with Crippen LogP contribution in [0.15, 0.2) is 12.1 Å². The first-order valence-corrected chi connectivity index (χ1v) is 8.51. The Balaban J connectivity index is 1.86. The van der Waals surface area contributed by atoms with Gasteiger partial charge in [0, 0.05) is 11.6 Å². The number of likely N-dealkylation sites (N-methyl/N-ethyl adjacent to an activating group) is 1. The summed E-state index contributed by atoms with van der Waals surface area (Å²) in [6, 6.07) is 3.80. The molecular formula is C17H20ClNO3. The Bertz CT molecular complexity index is 680. The maximum Gasteiger partial charge on any atom is 0.165 e. The van der Waals surface area contributed by atoms with Gasteiger partial charge in [-0.05, 0) is 50.9 Å². The molecule has 0 amide bonds. The van der Waals surface area contributed by atoms with E-state index in [0.717, 1.165) is 31.4 Å². The van der Waals surface area contributed by atoms with Gasteiger partial charge < -0.3 is 19.8 Å². The highest BCUT2D eigenvalue weighted by Crippen LogP contribution is 2.65. The number of phenolic OH excluding ortho intramolecular Hbond substituents is 1. The molecule has 5 atom stereocenters. The van der Waals surface area contributed by atoms with Crippen LogP contribution >= 0.6 is 11.6 Å². The van der Waals surface area contributed by atoms with Crippen LogP contribution in [0.2, 0.25) is 0 Å². The van der Waals surface area contributed by atoms with Crippen molar-refractivity contribution in [3.05, 3.63) is 23.3 Å². The van der Waals surface area contributed by atoms with Crippen LogP contribution in [-0.4, -0.2) is 51.8 Å². The predicted molar refractivity (Wildman–Crippen MR) is 82.8 cm³/mol. The largest absolute Gasteiger partial charge is 0.504 e. The lowest BCUT2D eigenvalue weighted by Crippen LogP contribution is -2.76. The molecule has 2 heterocycles. The molecule has 2 N–H and O–H groups in total. The van der Waals surface area contributed by atoms with Gasteiger partial charge >= 0.3 is 0 Å². The van der Waals surface area contributed by atoms with Gasteiger partial charge in [-0.25, -0.2) is 0 Å². The third-order valence-corrected chi connectivity index (χ3v) is 7.10. The molecule has 2 aliphatic carbocycles. The fraction of sp³-hybridized carbons (Fsp3) is 0.647. The van der Waals surface area contributed by atoms with Gasteiger partial charge in [0.2, 0.25) is 0 Å². The summed E-state index contributed by atoms with van der Waals surface area (Å²) in [6.07, 6.45) is 2.84. The third-order valence-electron chi connectivity index (χ3n) is 6.66. The average Bonchev–Trinajstić information content (AvgIpc) is 2.85. The topological polar surface area (TPSA) is 52.9 Å². The van der Waals surface area contributed by atoms with Gasteiger partial charge in [-0.3, -0.25) is 0 Å². The summed E-state index contributed by atoms with van der Waals surface area (Å²) in [6.45, 7) is 0.922. The van der Waals surface area contributed by atoms with E-state index >= 15 is 0 Å². The van der Waals surface area contributed by atoms with Crippen molar-refractivity contribution >= 4 is 11.6 Å². The predicted octanol–water partition coefficient (Wildman–Crippen LogP) is 1.78. The van der Waals surface area contributed by atoms with Crippen molar-refractivity contribution in [1.82, 2.24) is 4.90 Å². The van der Waals surface area contributed by atoms with E-state index in [1.807, 2.05) is 6.07 Å². The van der Waals surface area contributed by atoms with E-state index in [0.29, 0.717) is 12.2 Å². The van der Waals surface area contributed by atoms with E-state index in [1.54, 1.807) is 6.07 Å². The minimum Gasteiger partial charge on any atom is -0.504 e. The lowest BCUT2D eigenvalue weighted by atomic mass is 9.49. The smallest absolute Gasteiger partial charge is 0.165 e. The zero-order valence-electron chi connectivity index (χ0n) is 12.6. The summed E-state index contributed by atoms with van der Waals surface area (Å²) in [5.74, 6) is 0.739. The van der Waals surface area contributed by atoms with Crippen LogP contribution in [0.1, 0.15) is 30.4 Å². The molecule has 5 rings (SSSR count). The Morgan fingerprint density at radius 2 is 2.18 bits per heavy atom. The van der Waals surface area contributed by atoms with E-state index in [-0.39, 0.29) is 23.3 Å². The number of halogens is 1. The van der Waals surface area contributed by atoms with E-state index in [1.165, 1.54) is 5.56 Å². The quantitative estimate of drug-likeness (QED) is 0.715. The molecule has 4 aliphatic rings. The van der Waals surface area contributed by atoms with Crippen molar-refractivity contribution < 1.29 is 14.9 Å². The number of alkyl halides is 1. The molecule has 118 valence electrons. The van der Waals surface area contributed by atoms with E-state index in [9.17, 15) is 10.2 Å². The van der Waals surface area contributed by atoms with Crippen molar-refractivity contribution in [2.24, 2.45) is 0 Å². The summed E-state index contributed by atoms with van der Waals surface area (Å²) in [7, 11) is 2.10. The standard InChI is InChI=1S/C17H20ClNO3/c1-19-7-6-16-13-9-2-3-11(20)14(13)22-15(16)10(18)4-5-17(16,21)12(19)8-9/h2-3,10,12,15,20-21H,4-8H2,1H3/t10-,12+,15-,16-,17+/m0/s1. The summed E-state index contributed by atoms with van der Waals surface area (Å²) >= 11 is 6.61. The van der Waals surface area contributed by atoms with Crippen molar-refractivity contribution in [2.45, 2.75) is 54.2 Å². The SMILES string of the molecule is CN1CC[C@]23c4c5ccc(O)c4O[C@H]2[C@@H](Cl)CC[C@@]3(O)[C@H]1C5. The number of rotatable bonds is 0. The highest BCUT2D eigenvalue weighted by Gasteiger charge is 2.72. The van der Waals surface area contributed by atoms with Crippen molar-refractivity contribution in [3.8, 4) is 11.5 Å². The number of likely N-dealkylation sites (tertiary alicyclic amines) is 1. The number of hydrogen-bond acceptors (Lipinski definition) is 4. The molecule has 0 aromatic heterocycles. The molecule has 2 aliphatic heterocycles.